The molecule has 1 atom stereocenters. The van der Waals surface area contributed by atoms with Gasteiger partial charge < -0.3 is 14.9 Å². The highest BCUT2D eigenvalue weighted by Gasteiger charge is 2.38. The maximum atomic E-state index is 13.1. The minimum Gasteiger partial charge on any atom is -0.465 e. The lowest BCUT2D eigenvalue weighted by molar-refractivity contribution is -0.110. The summed E-state index contributed by atoms with van der Waals surface area (Å²) in [5.41, 5.74) is 0.914. The van der Waals surface area contributed by atoms with Crippen LogP contribution in [0.4, 0.5) is 5.82 Å². The molecule has 2 aromatic rings. The van der Waals surface area contributed by atoms with Gasteiger partial charge in [0.25, 0.3) is 5.91 Å². The summed E-state index contributed by atoms with van der Waals surface area (Å²) in [5.74, 6) is -0.752. The van der Waals surface area contributed by atoms with Crippen LogP contribution < -0.4 is 5.32 Å². The number of pyridine rings is 1. The van der Waals surface area contributed by atoms with E-state index in [1.54, 1.807) is 24.3 Å². The second-order valence-corrected chi connectivity index (χ2v) is 10.9. The molecule has 2 saturated carbocycles. The number of carbonyl (C=O) groups is 2. The van der Waals surface area contributed by atoms with E-state index in [1.165, 1.54) is 32.5 Å². The van der Waals surface area contributed by atoms with Crippen molar-refractivity contribution in [2.24, 2.45) is 5.16 Å². The number of benzene rings is 1. The van der Waals surface area contributed by atoms with Crippen molar-refractivity contribution in [1.82, 2.24) is 4.98 Å². The Bertz CT molecular complexity index is 1050. The van der Waals surface area contributed by atoms with Crippen LogP contribution in [0.5, 0.6) is 0 Å². The number of rotatable bonds is 9. The predicted molar refractivity (Wildman–Crippen MR) is 129 cm³/mol. The van der Waals surface area contributed by atoms with Crippen molar-refractivity contribution in [2.75, 3.05) is 19.5 Å². The zero-order valence-corrected chi connectivity index (χ0v) is 20.0. The average molecular weight is 488 g/mol. The molecule has 9 nitrogen and oxygen atoms in total. The topological polar surface area (TPSA) is 119 Å². The second-order valence-electron chi connectivity index (χ2n) is 8.29. The van der Waals surface area contributed by atoms with E-state index in [9.17, 15) is 14.1 Å². The van der Waals surface area contributed by atoms with Crippen molar-refractivity contribution in [3.8, 4) is 0 Å². The van der Waals surface area contributed by atoms with Gasteiger partial charge in [0.15, 0.2) is 5.71 Å². The lowest BCUT2D eigenvalue weighted by Crippen LogP contribution is -2.25. The van der Waals surface area contributed by atoms with Gasteiger partial charge in [-0.2, -0.15) is 10.6 Å². The van der Waals surface area contributed by atoms with E-state index in [0.717, 1.165) is 38.5 Å². The molecule has 2 N–H and O–H groups in total. The van der Waals surface area contributed by atoms with Crippen LogP contribution in [0.1, 0.15) is 54.4 Å². The molecule has 2 aliphatic carbocycles. The number of aromatic nitrogens is 1. The molecule has 0 spiro atoms. The Morgan fingerprint density at radius 2 is 1.71 bits per heavy atom. The molecule has 34 heavy (non-hydrogen) atoms. The molecule has 0 aliphatic heterocycles. The van der Waals surface area contributed by atoms with Gasteiger partial charge >= 0.3 is 5.97 Å². The van der Waals surface area contributed by atoms with Crippen LogP contribution in [0.2, 0.25) is 0 Å². The zero-order chi connectivity index (χ0) is 24.1. The number of nitrogens with zero attached hydrogens (tertiary/aromatic N) is 2. The standard InChI is InChI=1S/C24H29N3O6S/c1-31-24(29)17-9-14-21(25-15-17)26-23(28)22(27-33-18-5-3-4-6-18)16-7-10-19(11-8-16)34(30,32-2)20-12-13-20/h7-11,14-15,18,20,30H,3-6,12-13H2,1-2H3,(H,25,26,28)/b27-22+. The Morgan fingerprint density at radius 1 is 1.03 bits per heavy atom. The van der Waals surface area contributed by atoms with E-state index in [4.69, 9.17) is 9.02 Å². The van der Waals surface area contributed by atoms with E-state index in [1.807, 2.05) is 0 Å². The Morgan fingerprint density at radius 3 is 2.26 bits per heavy atom. The van der Waals surface area contributed by atoms with Crippen molar-refractivity contribution in [3.05, 3.63) is 53.7 Å². The third-order valence-electron chi connectivity index (χ3n) is 5.93. The van der Waals surface area contributed by atoms with E-state index in [-0.39, 0.29) is 28.4 Å². The minimum absolute atomic E-state index is 0.0163. The van der Waals surface area contributed by atoms with Crippen LogP contribution in [0.25, 0.3) is 0 Å². The quantitative estimate of drug-likeness (QED) is 0.303. The first-order chi connectivity index (χ1) is 16.4. The summed E-state index contributed by atoms with van der Waals surface area (Å²) in [6.45, 7) is 0. The van der Waals surface area contributed by atoms with Gasteiger partial charge in [-0.05, 0) is 62.8 Å². The Kier molecular flexibility index (Phi) is 7.50. The number of methoxy groups -OCH3 is 1. The molecule has 0 bridgehead atoms. The first kappa shape index (κ1) is 24.2. The Balaban J connectivity index is 1.55. The molecular weight excluding hydrogens is 458 g/mol. The van der Waals surface area contributed by atoms with Gasteiger partial charge in [-0.3, -0.25) is 13.5 Å². The maximum Gasteiger partial charge on any atom is 0.339 e. The van der Waals surface area contributed by atoms with Gasteiger partial charge in [-0.25, -0.2) is 9.78 Å². The normalized spacial score (nSPS) is 19.2. The molecule has 10 heteroatoms. The number of hydrogen-bond donors (Lipinski definition) is 2. The number of amides is 1. The fourth-order valence-electron chi connectivity index (χ4n) is 3.85. The van der Waals surface area contributed by atoms with Crippen LogP contribution in [0.3, 0.4) is 0 Å². The summed E-state index contributed by atoms with van der Waals surface area (Å²) < 4.78 is 21.1. The van der Waals surface area contributed by atoms with Crippen LogP contribution in [-0.2, 0) is 18.6 Å². The molecule has 4 rings (SSSR count). The molecular formula is C24H29N3O6S. The first-order valence-electron chi connectivity index (χ1n) is 11.2. The number of hydrogen-bond acceptors (Lipinski definition) is 8. The SMILES string of the molecule is COC(=O)c1ccc(NC(=O)/C(=N/OC2CCCC2)c2ccc(S(O)(OC)C3CC3)cc2)nc1. The van der Waals surface area contributed by atoms with Crippen molar-refractivity contribution in [1.29, 1.82) is 0 Å². The Hall–Kier alpha value is -2.95. The highest BCUT2D eigenvalue weighted by atomic mass is 32.3. The highest BCUT2D eigenvalue weighted by Crippen LogP contribution is 2.64. The van der Waals surface area contributed by atoms with Gasteiger partial charge in [0, 0.05) is 11.8 Å². The summed E-state index contributed by atoms with van der Waals surface area (Å²) in [7, 11) is 0.481. The molecule has 1 heterocycles. The molecule has 1 aromatic carbocycles. The summed E-state index contributed by atoms with van der Waals surface area (Å²) in [5, 5.41) is 7.05. The molecule has 2 aliphatic rings. The van der Waals surface area contributed by atoms with Crippen LogP contribution in [-0.4, -0.2) is 52.7 Å². The maximum absolute atomic E-state index is 13.1. The van der Waals surface area contributed by atoms with Crippen molar-refractivity contribution in [3.63, 3.8) is 0 Å². The smallest absolute Gasteiger partial charge is 0.339 e. The third-order valence-corrected chi connectivity index (χ3v) is 8.76. The number of oxime groups is 1. The van der Waals surface area contributed by atoms with E-state index >= 15 is 0 Å². The number of anilines is 1. The molecule has 2 fully saturated rings. The first-order valence-corrected chi connectivity index (χ1v) is 12.8. The minimum atomic E-state index is -2.33. The summed E-state index contributed by atoms with van der Waals surface area (Å²) in [6, 6.07) is 10.0. The van der Waals surface area contributed by atoms with Gasteiger partial charge in [0.1, 0.15) is 11.9 Å². The molecule has 182 valence electrons. The predicted octanol–water partition coefficient (Wildman–Crippen LogP) is 4.53. The van der Waals surface area contributed by atoms with E-state index in [2.05, 4.69) is 20.2 Å². The number of ether oxygens (including phenoxy) is 1. The summed E-state index contributed by atoms with van der Waals surface area (Å²) >= 11 is 0. The van der Waals surface area contributed by atoms with Gasteiger partial charge in [0.05, 0.1) is 29.9 Å². The monoisotopic (exact) mass is 487 g/mol. The van der Waals surface area contributed by atoms with Gasteiger partial charge in [0.2, 0.25) is 0 Å². The van der Waals surface area contributed by atoms with E-state index in [0.29, 0.717) is 10.5 Å². The van der Waals surface area contributed by atoms with Crippen molar-refractivity contribution in [2.45, 2.75) is 54.8 Å². The third kappa shape index (κ3) is 5.40. The van der Waals surface area contributed by atoms with Crippen molar-refractivity contribution < 1.29 is 27.9 Å². The fourth-order valence-corrected chi connectivity index (χ4v) is 6.00. The molecule has 1 unspecified atom stereocenters. The molecule has 0 radical (unpaired) electrons. The lowest BCUT2D eigenvalue weighted by Gasteiger charge is -2.37. The average Bonchev–Trinajstić information content (AvgIpc) is 3.60. The summed E-state index contributed by atoms with van der Waals surface area (Å²) in [6.07, 6.45) is 7.14. The molecule has 1 aromatic heterocycles. The number of nitrogens with one attached hydrogen (secondary N) is 1. The highest BCUT2D eigenvalue weighted by molar-refractivity contribution is 8.25. The lowest BCUT2D eigenvalue weighted by atomic mass is 10.1. The number of esters is 1. The van der Waals surface area contributed by atoms with Crippen LogP contribution in [0.15, 0.2) is 52.6 Å². The zero-order valence-electron chi connectivity index (χ0n) is 19.2. The molecule has 0 saturated heterocycles. The van der Waals surface area contributed by atoms with Gasteiger partial charge in [-0.15, -0.1) is 0 Å². The fraction of sp³-hybridized carbons (Fsp3) is 0.417. The number of carbonyl (C=O) groups excluding carboxylic acids is 2. The van der Waals surface area contributed by atoms with Gasteiger partial charge in [-0.1, -0.05) is 17.3 Å². The Labute approximate surface area is 200 Å². The van der Waals surface area contributed by atoms with Crippen LogP contribution >= 0.6 is 10.6 Å². The van der Waals surface area contributed by atoms with Crippen molar-refractivity contribution >= 4 is 34.0 Å². The molecule has 1 amide bonds. The van der Waals surface area contributed by atoms with E-state index < -0.39 is 22.5 Å². The summed E-state index contributed by atoms with van der Waals surface area (Å²) in [4.78, 5) is 35.2. The largest absolute Gasteiger partial charge is 0.465 e. The van der Waals surface area contributed by atoms with Crippen LogP contribution in [0, 0.1) is 0 Å². The second kappa shape index (κ2) is 10.5.